The summed E-state index contributed by atoms with van der Waals surface area (Å²) in [5, 5.41) is 17.0. The fourth-order valence-corrected chi connectivity index (χ4v) is 0.297. The normalized spacial score (nSPS) is 15.4. The van der Waals surface area contributed by atoms with Gasteiger partial charge in [0.05, 0.1) is 0 Å². The molecule has 0 aromatic heterocycles. The van der Waals surface area contributed by atoms with Crippen molar-refractivity contribution in [3.05, 3.63) is 0 Å². The molecule has 5 heteroatoms. The number of aliphatic carboxylic acids is 1. The maximum absolute atomic E-state index is 9.97. The number of rotatable bonds is 2. The van der Waals surface area contributed by atoms with Gasteiger partial charge in [0.25, 0.3) is 0 Å². The minimum absolute atomic E-state index is 0. The standard InChI is InChI=1S/C4H7BrO3.Ar/c1-4(8,2-5)3(6)7;/h8H,2H2,1H3,(H,6,7);. The summed E-state index contributed by atoms with van der Waals surface area (Å²) in [7, 11) is 0. The van der Waals surface area contributed by atoms with Crippen LogP contribution < -0.4 is 0 Å². The van der Waals surface area contributed by atoms with E-state index in [1.807, 2.05) is 0 Å². The van der Waals surface area contributed by atoms with Crippen molar-refractivity contribution in [3.63, 3.8) is 0 Å². The second-order valence-electron chi connectivity index (χ2n) is 1.71. The zero-order valence-electron chi connectivity index (χ0n) is 4.74. The Labute approximate surface area is 91.6 Å². The third kappa shape index (κ3) is 4.56. The number of hydrogen-bond donors (Lipinski definition) is 2. The van der Waals surface area contributed by atoms with E-state index in [-0.39, 0.29) is 43.1 Å². The topological polar surface area (TPSA) is 57.5 Å². The van der Waals surface area contributed by atoms with Gasteiger partial charge in [-0.25, -0.2) is 4.79 Å². The number of carbonyl (C=O) groups is 1. The molecule has 0 amide bonds. The Hall–Kier alpha value is 1.17. The number of aliphatic hydroxyl groups is 1. The van der Waals surface area contributed by atoms with E-state index >= 15 is 0 Å². The van der Waals surface area contributed by atoms with Crippen LogP contribution >= 0.6 is 15.9 Å². The predicted octanol–water partition coefficient (Wildman–Crippen LogP) is 0.217. The smallest absolute Gasteiger partial charge is 0.336 e. The van der Waals surface area contributed by atoms with Gasteiger partial charge in [-0.3, -0.25) is 0 Å². The largest absolute Gasteiger partial charge is 0.479 e. The molecule has 0 saturated carbocycles. The third-order valence-electron chi connectivity index (χ3n) is 0.721. The van der Waals surface area contributed by atoms with Crippen molar-refractivity contribution in [2.24, 2.45) is 0 Å². The first-order valence-corrected chi connectivity index (χ1v) is 3.14. The molecule has 56 valence electrons. The van der Waals surface area contributed by atoms with Gasteiger partial charge in [-0.1, -0.05) is 15.9 Å². The van der Waals surface area contributed by atoms with E-state index in [2.05, 4.69) is 15.9 Å². The van der Waals surface area contributed by atoms with Crippen LogP contribution in [0.15, 0.2) is 0 Å². The van der Waals surface area contributed by atoms with Crippen molar-refractivity contribution in [3.8, 4) is 0 Å². The fourth-order valence-electron chi connectivity index (χ4n) is 0.0572. The van der Waals surface area contributed by atoms with E-state index in [0.29, 0.717) is 0 Å². The second kappa shape index (κ2) is 4.91. The summed E-state index contributed by atoms with van der Waals surface area (Å²) < 4.78 is 0. The van der Waals surface area contributed by atoms with Crippen molar-refractivity contribution in [2.75, 3.05) is 5.33 Å². The van der Waals surface area contributed by atoms with Gasteiger partial charge in [0, 0.05) is 43.1 Å². The molecule has 3 nitrogen and oxygen atoms in total. The Morgan fingerprint density at radius 2 is 2.11 bits per heavy atom. The van der Waals surface area contributed by atoms with Crippen LogP contribution in [0.25, 0.3) is 0 Å². The van der Waals surface area contributed by atoms with Crippen LogP contribution in [0.1, 0.15) is 6.92 Å². The molecule has 0 heterocycles. The van der Waals surface area contributed by atoms with Crippen molar-refractivity contribution in [2.45, 2.75) is 12.5 Å². The Balaban J connectivity index is 0. The number of carboxylic acids is 1. The fraction of sp³-hybridized carbons (Fsp3) is 0.750. The van der Waals surface area contributed by atoms with Crippen molar-refractivity contribution < 1.29 is 52.7 Å². The molecule has 0 fully saturated rings. The molecule has 0 aliphatic rings. The molecular formula is C4H7ArBrO3. The molecular weight excluding hydrogens is 216 g/mol. The molecule has 2 N–H and O–H groups in total. The summed E-state index contributed by atoms with van der Waals surface area (Å²) in [6.07, 6.45) is 0. The van der Waals surface area contributed by atoms with Crippen LogP contribution in [0.2, 0.25) is 0 Å². The third-order valence-corrected chi connectivity index (χ3v) is 1.81. The summed E-state index contributed by atoms with van der Waals surface area (Å²) in [4.78, 5) is 9.97. The van der Waals surface area contributed by atoms with E-state index in [4.69, 9.17) is 10.2 Å². The first-order valence-electron chi connectivity index (χ1n) is 2.02. The molecule has 0 spiro atoms. The van der Waals surface area contributed by atoms with Crippen LogP contribution in [0.4, 0.5) is 0 Å². The Morgan fingerprint density at radius 1 is 1.78 bits per heavy atom. The van der Waals surface area contributed by atoms with Crippen molar-refractivity contribution in [1.82, 2.24) is 0 Å². The predicted molar refractivity (Wildman–Crippen MR) is 32.1 cm³/mol. The number of alkyl halides is 1. The molecule has 0 aromatic rings. The zero-order valence-corrected chi connectivity index (χ0v) is 7.03. The second-order valence-corrected chi connectivity index (χ2v) is 2.27. The molecule has 0 radical (unpaired) electrons. The van der Waals surface area contributed by atoms with Gasteiger partial charge in [0.15, 0.2) is 5.60 Å². The van der Waals surface area contributed by atoms with Crippen LogP contribution in [0, 0.1) is 37.7 Å². The zero-order chi connectivity index (χ0) is 6.78. The summed E-state index contributed by atoms with van der Waals surface area (Å²) >= 11 is 2.84. The van der Waals surface area contributed by atoms with E-state index in [0.717, 1.165) is 0 Å². The number of hydrogen-bond acceptors (Lipinski definition) is 2. The van der Waals surface area contributed by atoms with Gasteiger partial charge in [-0.05, 0) is 6.92 Å². The molecule has 0 bridgehead atoms. The van der Waals surface area contributed by atoms with E-state index in [1.165, 1.54) is 6.92 Å². The maximum Gasteiger partial charge on any atom is 0.336 e. The summed E-state index contributed by atoms with van der Waals surface area (Å²) in [6, 6.07) is 0. The van der Waals surface area contributed by atoms with Crippen LogP contribution in [0.3, 0.4) is 0 Å². The molecule has 1 atom stereocenters. The Bertz CT molecular complexity index is 104. The van der Waals surface area contributed by atoms with E-state index < -0.39 is 11.6 Å². The molecule has 0 aliphatic carbocycles. The summed E-state index contributed by atoms with van der Waals surface area (Å²) in [5.41, 5.74) is -1.62. The molecule has 1 unspecified atom stereocenters. The molecule has 0 rings (SSSR count). The Kier molecular flexibility index (Phi) is 6.98. The average Bonchev–Trinajstić information content (AvgIpc) is 1.67. The summed E-state index contributed by atoms with van der Waals surface area (Å²) in [5.74, 6) is -1.21. The minimum atomic E-state index is -1.62. The van der Waals surface area contributed by atoms with Crippen LogP contribution in [-0.4, -0.2) is 27.1 Å². The SMILES string of the molecule is CC(O)(CBr)C(=O)O.[Ar]. The van der Waals surface area contributed by atoms with Gasteiger partial charge < -0.3 is 10.2 Å². The van der Waals surface area contributed by atoms with Gasteiger partial charge in [-0.15, -0.1) is 0 Å². The summed E-state index contributed by atoms with van der Waals surface area (Å²) in [6.45, 7) is 1.23. The number of halogens is 1. The minimum Gasteiger partial charge on any atom is -0.479 e. The molecule has 0 aliphatic heterocycles. The quantitative estimate of drug-likeness (QED) is 0.658. The molecule has 0 saturated heterocycles. The molecule has 0 aromatic carbocycles. The molecule has 9 heavy (non-hydrogen) atoms. The van der Waals surface area contributed by atoms with Crippen LogP contribution in [-0.2, 0) is 4.79 Å². The Morgan fingerprint density at radius 3 is 2.11 bits per heavy atom. The van der Waals surface area contributed by atoms with Gasteiger partial charge in [0.2, 0.25) is 0 Å². The van der Waals surface area contributed by atoms with Crippen LogP contribution in [0.5, 0.6) is 0 Å². The first-order chi connectivity index (χ1) is 3.50. The van der Waals surface area contributed by atoms with Crippen molar-refractivity contribution >= 4 is 21.9 Å². The van der Waals surface area contributed by atoms with Gasteiger partial charge >= 0.3 is 5.97 Å². The maximum atomic E-state index is 9.97. The number of carboxylic acid groups (broad SMARTS) is 1. The van der Waals surface area contributed by atoms with Crippen molar-refractivity contribution in [1.29, 1.82) is 0 Å². The average molecular weight is 223 g/mol. The monoisotopic (exact) mass is 222 g/mol. The van der Waals surface area contributed by atoms with Gasteiger partial charge in [0.1, 0.15) is 0 Å². The van der Waals surface area contributed by atoms with Gasteiger partial charge in [-0.2, -0.15) is 0 Å². The van der Waals surface area contributed by atoms with E-state index in [9.17, 15) is 4.79 Å². The van der Waals surface area contributed by atoms with E-state index in [1.54, 1.807) is 0 Å². The first kappa shape index (κ1) is 12.8.